The topological polar surface area (TPSA) is 237 Å². The Morgan fingerprint density at radius 1 is 0.214 bits per heavy atom. The van der Waals surface area contributed by atoms with Gasteiger partial charge in [0, 0.05) is 25.7 Å². The minimum Gasteiger partial charge on any atom is -0.462 e. The van der Waals surface area contributed by atoms with Crippen molar-refractivity contribution in [2.24, 2.45) is 0 Å². The monoisotopic (exact) mass is 1630 g/mol. The molecule has 0 heterocycles. The Labute approximate surface area is 689 Å². The molecule has 666 valence electrons. The van der Waals surface area contributed by atoms with Crippen LogP contribution in [0.3, 0.4) is 0 Å². The lowest BCUT2D eigenvalue weighted by Gasteiger charge is -2.21. The van der Waals surface area contributed by atoms with Gasteiger partial charge in [-0.3, -0.25) is 37.3 Å². The van der Waals surface area contributed by atoms with Gasteiger partial charge in [-0.25, -0.2) is 9.13 Å². The van der Waals surface area contributed by atoms with Gasteiger partial charge in [-0.2, -0.15) is 0 Å². The number of phosphoric acid groups is 2. The van der Waals surface area contributed by atoms with Gasteiger partial charge in [0.05, 0.1) is 26.4 Å². The van der Waals surface area contributed by atoms with Gasteiger partial charge < -0.3 is 33.8 Å². The molecule has 0 amide bonds. The molecule has 0 radical (unpaired) electrons. The Bertz CT molecular complexity index is 2100. The van der Waals surface area contributed by atoms with E-state index in [1.54, 1.807) is 0 Å². The van der Waals surface area contributed by atoms with Gasteiger partial charge in [0.25, 0.3) is 0 Å². The van der Waals surface area contributed by atoms with Gasteiger partial charge in [-0.05, 0) is 25.7 Å². The predicted octanol–water partition coefficient (Wildman–Crippen LogP) is 29.3. The molecule has 5 atom stereocenters. The van der Waals surface area contributed by atoms with E-state index in [0.717, 1.165) is 89.9 Å². The van der Waals surface area contributed by atoms with Crippen LogP contribution in [0.15, 0.2) is 0 Å². The largest absolute Gasteiger partial charge is 0.472 e. The molecular formula is C93H182O17P2. The number of hydrogen-bond acceptors (Lipinski definition) is 15. The summed E-state index contributed by atoms with van der Waals surface area (Å²) in [6.45, 7) is 5.08. The number of aliphatic hydroxyl groups excluding tert-OH is 1. The maximum atomic E-state index is 13.2. The highest BCUT2D eigenvalue weighted by atomic mass is 31.2. The molecule has 3 N–H and O–H groups in total. The molecule has 0 saturated heterocycles. The van der Waals surface area contributed by atoms with Crippen LogP contribution < -0.4 is 0 Å². The van der Waals surface area contributed by atoms with Gasteiger partial charge in [-0.15, -0.1) is 0 Å². The van der Waals surface area contributed by atoms with Crippen molar-refractivity contribution in [2.45, 2.75) is 534 Å². The maximum Gasteiger partial charge on any atom is 0.472 e. The molecule has 0 aliphatic heterocycles. The summed E-state index contributed by atoms with van der Waals surface area (Å²) in [4.78, 5) is 73.4. The smallest absolute Gasteiger partial charge is 0.462 e. The summed E-state index contributed by atoms with van der Waals surface area (Å²) < 4.78 is 69.1. The summed E-state index contributed by atoms with van der Waals surface area (Å²) in [6.07, 6.45) is 85.1. The highest BCUT2D eigenvalue weighted by Gasteiger charge is 2.31. The average molecular weight is 1630 g/mol. The summed E-state index contributed by atoms with van der Waals surface area (Å²) >= 11 is 0. The van der Waals surface area contributed by atoms with Crippen molar-refractivity contribution < 1.29 is 80.2 Å². The first-order valence-electron chi connectivity index (χ1n) is 48.3. The second-order valence-electron chi connectivity index (χ2n) is 33.4. The minimum absolute atomic E-state index is 0.110. The first kappa shape index (κ1) is 110. The van der Waals surface area contributed by atoms with Crippen LogP contribution in [0, 0.1) is 0 Å². The van der Waals surface area contributed by atoms with Crippen LogP contribution in [0.25, 0.3) is 0 Å². The fourth-order valence-corrected chi connectivity index (χ4v) is 16.3. The third-order valence-corrected chi connectivity index (χ3v) is 24.0. The lowest BCUT2D eigenvalue weighted by molar-refractivity contribution is -0.161. The fourth-order valence-electron chi connectivity index (χ4n) is 14.8. The third-order valence-electron chi connectivity index (χ3n) is 22.1. The van der Waals surface area contributed by atoms with Crippen LogP contribution in [-0.4, -0.2) is 96.7 Å². The van der Waals surface area contributed by atoms with Crippen molar-refractivity contribution >= 4 is 39.5 Å². The second kappa shape index (κ2) is 86.9. The SMILES string of the molecule is CCCCCCCCCCCCCCCCCCCCCCCC(=O)OC[C@H](COP(=O)(O)OC[C@@H](O)COP(=O)(O)OC[C@@H](COC(=O)CCCCCCCCCCC)OC(=O)CCCCCCCCCCCCCCCCCCCCCCC)OC(=O)CCCCCCCCCCCCCCCCCCCCCCC. The molecule has 2 unspecified atom stereocenters. The average Bonchev–Trinajstić information content (AvgIpc) is 0.897. The Hall–Kier alpha value is -1.94. The van der Waals surface area contributed by atoms with Crippen molar-refractivity contribution in [1.29, 1.82) is 0 Å². The summed E-state index contributed by atoms with van der Waals surface area (Å²) in [5, 5.41) is 10.7. The van der Waals surface area contributed by atoms with E-state index in [2.05, 4.69) is 27.7 Å². The van der Waals surface area contributed by atoms with Gasteiger partial charge in [-0.1, -0.05) is 464 Å². The molecule has 0 spiro atoms. The molecular weight excluding hydrogens is 1450 g/mol. The molecule has 17 nitrogen and oxygen atoms in total. The van der Waals surface area contributed by atoms with Crippen LogP contribution in [0.1, 0.15) is 516 Å². The highest BCUT2D eigenvalue weighted by Crippen LogP contribution is 2.45. The molecule has 112 heavy (non-hydrogen) atoms. The Kier molecular flexibility index (Phi) is 85.4. The van der Waals surface area contributed by atoms with Gasteiger partial charge >= 0.3 is 39.5 Å². The lowest BCUT2D eigenvalue weighted by Crippen LogP contribution is -2.30. The van der Waals surface area contributed by atoms with E-state index in [9.17, 15) is 43.2 Å². The third kappa shape index (κ3) is 85.9. The van der Waals surface area contributed by atoms with Crippen molar-refractivity contribution in [3.8, 4) is 0 Å². The molecule has 19 heteroatoms. The van der Waals surface area contributed by atoms with Crippen molar-refractivity contribution in [3.63, 3.8) is 0 Å². The second-order valence-corrected chi connectivity index (χ2v) is 36.3. The quantitative estimate of drug-likeness (QED) is 0.0222. The summed E-state index contributed by atoms with van der Waals surface area (Å²) in [7, 11) is -9.93. The number of ether oxygens (including phenoxy) is 4. The van der Waals surface area contributed by atoms with E-state index in [-0.39, 0.29) is 25.7 Å². The Morgan fingerprint density at radius 3 is 0.527 bits per heavy atom. The van der Waals surface area contributed by atoms with Crippen molar-refractivity contribution in [1.82, 2.24) is 0 Å². The number of rotatable bonds is 94. The summed E-state index contributed by atoms with van der Waals surface area (Å²) in [6, 6.07) is 0. The number of unbranched alkanes of at least 4 members (excludes halogenated alkanes) is 68. The van der Waals surface area contributed by atoms with E-state index in [1.807, 2.05) is 0 Å². The van der Waals surface area contributed by atoms with E-state index >= 15 is 0 Å². The minimum atomic E-state index is -4.97. The molecule has 0 aromatic heterocycles. The van der Waals surface area contributed by atoms with Gasteiger partial charge in [0.15, 0.2) is 12.2 Å². The number of carbonyl (C=O) groups is 4. The number of hydrogen-bond donors (Lipinski definition) is 3. The first-order chi connectivity index (χ1) is 54.7. The predicted molar refractivity (Wildman–Crippen MR) is 465 cm³/mol. The van der Waals surface area contributed by atoms with E-state index < -0.39 is 97.5 Å². The van der Waals surface area contributed by atoms with E-state index in [0.29, 0.717) is 25.7 Å². The van der Waals surface area contributed by atoms with E-state index in [1.165, 1.54) is 347 Å². The highest BCUT2D eigenvalue weighted by molar-refractivity contribution is 7.47. The molecule has 0 aliphatic rings. The van der Waals surface area contributed by atoms with Crippen LogP contribution in [0.2, 0.25) is 0 Å². The number of phosphoric ester groups is 2. The molecule has 0 aromatic carbocycles. The fraction of sp³-hybridized carbons (Fsp3) is 0.957. The molecule has 0 rings (SSSR count). The van der Waals surface area contributed by atoms with E-state index in [4.69, 9.17) is 37.0 Å². The van der Waals surface area contributed by atoms with Gasteiger partial charge in [0.1, 0.15) is 19.3 Å². The van der Waals surface area contributed by atoms with Crippen molar-refractivity contribution in [2.75, 3.05) is 39.6 Å². The molecule has 0 saturated carbocycles. The first-order valence-corrected chi connectivity index (χ1v) is 51.3. The van der Waals surface area contributed by atoms with Crippen molar-refractivity contribution in [3.05, 3.63) is 0 Å². The van der Waals surface area contributed by atoms with Crippen LogP contribution in [0.5, 0.6) is 0 Å². The Morgan fingerprint density at radius 2 is 0.357 bits per heavy atom. The molecule has 0 fully saturated rings. The maximum absolute atomic E-state index is 13.2. The zero-order valence-electron chi connectivity index (χ0n) is 73.7. The number of carbonyl (C=O) groups excluding carboxylic acids is 4. The molecule has 0 aromatic rings. The normalized spacial score (nSPS) is 13.6. The number of esters is 4. The zero-order chi connectivity index (χ0) is 81.7. The number of aliphatic hydroxyl groups is 1. The lowest BCUT2D eigenvalue weighted by atomic mass is 10.0. The summed E-state index contributed by atoms with van der Waals surface area (Å²) in [5.41, 5.74) is 0. The standard InChI is InChI=1S/C93H182O17P2/c1-5-9-13-17-21-25-28-31-34-37-40-43-46-49-52-55-58-62-66-70-74-78-91(96)104-84-89(110-93(98)80-76-72-68-64-60-57-54-51-48-45-42-39-36-33-30-27-23-19-15-11-7-3)86-108-112(101,102)106-82-87(94)81-105-111(99,100)107-85-88(83-103-90(95)77-73-69-65-61-24-20-16-12-8-4)109-92(97)79-75-71-67-63-59-56-53-50-47-44-41-38-35-32-29-26-22-18-14-10-6-2/h87-89,94H,5-86H2,1-4H3,(H,99,100)(H,101,102)/t87-,88+,89+/m0/s1. The molecule has 0 aliphatic carbocycles. The summed E-state index contributed by atoms with van der Waals surface area (Å²) in [5.74, 6) is -2.09. The van der Waals surface area contributed by atoms with Crippen LogP contribution >= 0.6 is 15.6 Å². The van der Waals surface area contributed by atoms with Crippen LogP contribution in [-0.2, 0) is 65.4 Å². The van der Waals surface area contributed by atoms with Gasteiger partial charge in [0.2, 0.25) is 0 Å². The zero-order valence-corrected chi connectivity index (χ0v) is 75.5. The molecule has 0 bridgehead atoms. The van der Waals surface area contributed by atoms with Crippen LogP contribution in [0.4, 0.5) is 0 Å². The Balaban J connectivity index is 5.17.